The van der Waals surface area contributed by atoms with Gasteiger partial charge >= 0.3 is 12.1 Å². The van der Waals surface area contributed by atoms with Crippen LogP contribution in [0.15, 0.2) is 36.4 Å². The van der Waals surface area contributed by atoms with Crippen LogP contribution in [0.3, 0.4) is 0 Å². The van der Waals surface area contributed by atoms with E-state index in [1.807, 2.05) is 6.08 Å². The molecule has 0 unspecified atom stereocenters. The molecule has 0 aromatic heterocycles. The van der Waals surface area contributed by atoms with Crippen molar-refractivity contribution in [2.75, 3.05) is 10.6 Å². The molecule has 0 bridgehead atoms. The molecule has 1 fully saturated rings. The van der Waals surface area contributed by atoms with Crippen molar-refractivity contribution in [2.45, 2.75) is 38.3 Å². The zero-order chi connectivity index (χ0) is 17.6. The van der Waals surface area contributed by atoms with Gasteiger partial charge in [0.25, 0.3) is 0 Å². The maximum Gasteiger partial charge on any atom is 0.471 e. The van der Waals surface area contributed by atoms with E-state index in [9.17, 15) is 22.8 Å². The number of amides is 2. The Morgan fingerprint density at radius 1 is 1.00 bits per heavy atom. The van der Waals surface area contributed by atoms with Crippen LogP contribution in [0, 0.1) is 5.92 Å². The van der Waals surface area contributed by atoms with Gasteiger partial charge in [0, 0.05) is 0 Å². The Morgan fingerprint density at radius 3 is 2.17 bits per heavy atom. The SMILES string of the molecule is O=C(/C=C/C1CCCCC1)Nc1ccccc1NC(=O)C(F)(F)F. The summed E-state index contributed by atoms with van der Waals surface area (Å²) in [5, 5.41) is 4.26. The average Bonchev–Trinajstić information content (AvgIpc) is 2.55. The molecule has 4 nitrogen and oxygen atoms in total. The van der Waals surface area contributed by atoms with Gasteiger partial charge in [-0.3, -0.25) is 9.59 Å². The van der Waals surface area contributed by atoms with Gasteiger partial charge in [-0.05, 0) is 37.0 Å². The Hall–Kier alpha value is -2.31. The van der Waals surface area contributed by atoms with Crippen molar-refractivity contribution >= 4 is 23.2 Å². The zero-order valence-electron chi connectivity index (χ0n) is 13.0. The third kappa shape index (κ3) is 5.40. The number of carbonyl (C=O) groups excluding carboxylic acids is 2. The van der Waals surface area contributed by atoms with E-state index in [4.69, 9.17) is 0 Å². The molecule has 2 amide bonds. The Labute approximate surface area is 138 Å². The molecule has 0 aliphatic heterocycles. The molecule has 7 heteroatoms. The van der Waals surface area contributed by atoms with Crippen molar-refractivity contribution in [1.82, 2.24) is 0 Å². The molecule has 0 heterocycles. The van der Waals surface area contributed by atoms with Crippen molar-refractivity contribution in [2.24, 2.45) is 5.92 Å². The Kier molecular flexibility index (Phi) is 6.00. The van der Waals surface area contributed by atoms with Gasteiger partial charge in [-0.2, -0.15) is 13.2 Å². The first kappa shape index (κ1) is 18.0. The molecule has 0 spiro atoms. The first-order valence-electron chi connectivity index (χ1n) is 7.82. The number of hydrogen-bond acceptors (Lipinski definition) is 2. The van der Waals surface area contributed by atoms with Crippen LogP contribution in [-0.2, 0) is 9.59 Å². The normalized spacial score (nSPS) is 16.1. The molecule has 1 aliphatic carbocycles. The van der Waals surface area contributed by atoms with E-state index in [2.05, 4.69) is 5.32 Å². The van der Waals surface area contributed by atoms with Crippen molar-refractivity contribution in [1.29, 1.82) is 0 Å². The molecule has 130 valence electrons. The summed E-state index contributed by atoms with van der Waals surface area (Å²) >= 11 is 0. The van der Waals surface area contributed by atoms with E-state index in [1.165, 1.54) is 30.7 Å². The molecule has 0 atom stereocenters. The summed E-state index contributed by atoms with van der Waals surface area (Å²) in [5.41, 5.74) is 0.0210. The van der Waals surface area contributed by atoms with Gasteiger partial charge in [0.1, 0.15) is 0 Å². The van der Waals surface area contributed by atoms with E-state index in [-0.39, 0.29) is 11.4 Å². The van der Waals surface area contributed by atoms with Gasteiger partial charge in [0.05, 0.1) is 11.4 Å². The van der Waals surface area contributed by atoms with Crippen LogP contribution in [0.5, 0.6) is 0 Å². The summed E-state index contributed by atoms with van der Waals surface area (Å²) in [6, 6.07) is 5.76. The molecule has 0 radical (unpaired) electrons. The van der Waals surface area contributed by atoms with E-state index in [0.29, 0.717) is 5.92 Å². The predicted molar refractivity (Wildman–Crippen MR) is 85.5 cm³/mol. The molecule has 2 N–H and O–H groups in total. The lowest BCUT2D eigenvalue weighted by Crippen LogP contribution is -2.30. The molecule has 24 heavy (non-hydrogen) atoms. The second-order valence-corrected chi connectivity index (χ2v) is 5.74. The minimum Gasteiger partial charge on any atom is -0.321 e. The van der Waals surface area contributed by atoms with Crippen LogP contribution >= 0.6 is 0 Å². The topological polar surface area (TPSA) is 58.2 Å². The van der Waals surface area contributed by atoms with E-state index >= 15 is 0 Å². The average molecular weight is 340 g/mol. The van der Waals surface area contributed by atoms with Gasteiger partial charge in [0.2, 0.25) is 5.91 Å². The van der Waals surface area contributed by atoms with Crippen molar-refractivity contribution < 1.29 is 22.8 Å². The highest BCUT2D eigenvalue weighted by Gasteiger charge is 2.38. The quantitative estimate of drug-likeness (QED) is 0.805. The summed E-state index contributed by atoms with van der Waals surface area (Å²) < 4.78 is 37.0. The fourth-order valence-corrected chi connectivity index (χ4v) is 2.62. The van der Waals surface area contributed by atoms with Crippen LogP contribution in [0.4, 0.5) is 24.5 Å². The van der Waals surface area contributed by atoms with Gasteiger partial charge in [0.15, 0.2) is 0 Å². The third-order valence-corrected chi connectivity index (χ3v) is 3.86. The van der Waals surface area contributed by atoms with Gasteiger partial charge in [-0.25, -0.2) is 0 Å². The summed E-state index contributed by atoms with van der Waals surface area (Å²) in [5.74, 6) is -2.15. The number of para-hydroxylation sites is 2. The Morgan fingerprint density at radius 2 is 1.58 bits per heavy atom. The van der Waals surface area contributed by atoms with Crippen LogP contribution in [0.1, 0.15) is 32.1 Å². The molecular formula is C17H19F3N2O2. The Balaban J connectivity index is 2.00. The maximum absolute atomic E-state index is 12.3. The number of carbonyl (C=O) groups is 2. The van der Waals surface area contributed by atoms with Crippen molar-refractivity contribution in [3.05, 3.63) is 36.4 Å². The molecular weight excluding hydrogens is 321 g/mol. The van der Waals surface area contributed by atoms with Gasteiger partial charge in [-0.15, -0.1) is 0 Å². The second-order valence-electron chi connectivity index (χ2n) is 5.74. The summed E-state index contributed by atoms with van der Waals surface area (Å²) in [4.78, 5) is 23.0. The molecule has 1 aromatic rings. The summed E-state index contributed by atoms with van der Waals surface area (Å²) in [6.07, 6.45) is 3.83. The maximum atomic E-state index is 12.3. The molecule has 1 aliphatic rings. The van der Waals surface area contributed by atoms with Crippen LogP contribution in [0.2, 0.25) is 0 Å². The van der Waals surface area contributed by atoms with E-state index in [1.54, 1.807) is 11.4 Å². The lowest BCUT2D eigenvalue weighted by Gasteiger charge is -2.17. The minimum atomic E-state index is -4.99. The van der Waals surface area contributed by atoms with E-state index in [0.717, 1.165) is 25.7 Å². The number of alkyl halides is 3. The number of nitrogens with one attached hydrogen (secondary N) is 2. The summed E-state index contributed by atoms with van der Waals surface area (Å²) in [6.45, 7) is 0. The molecule has 2 rings (SSSR count). The highest BCUT2D eigenvalue weighted by atomic mass is 19.4. The monoisotopic (exact) mass is 340 g/mol. The molecule has 1 saturated carbocycles. The number of rotatable bonds is 4. The standard InChI is InChI=1S/C17H19F3N2O2/c18-17(19,20)16(24)22-14-9-5-4-8-13(14)21-15(23)11-10-12-6-2-1-3-7-12/h4-5,8-12H,1-3,6-7H2,(H,21,23)(H,22,24)/b11-10+. The third-order valence-electron chi connectivity index (χ3n) is 3.86. The number of anilines is 2. The lowest BCUT2D eigenvalue weighted by atomic mass is 9.89. The Bertz CT molecular complexity index is 621. The molecule has 1 aromatic carbocycles. The van der Waals surface area contributed by atoms with E-state index < -0.39 is 18.0 Å². The summed E-state index contributed by atoms with van der Waals surface area (Å²) in [7, 11) is 0. The first-order chi connectivity index (χ1) is 11.4. The second kappa shape index (κ2) is 7.99. The lowest BCUT2D eigenvalue weighted by molar-refractivity contribution is -0.167. The van der Waals surface area contributed by atoms with Gasteiger partial charge < -0.3 is 10.6 Å². The fourth-order valence-electron chi connectivity index (χ4n) is 2.62. The first-order valence-corrected chi connectivity index (χ1v) is 7.82. The fraction of sp³-hybridized carbons (Fsp3) is 0.412. The van der Waals surface area contributed by atoms with Crippen LogP contribution < -0.4 is 10.6 Å². The number of hydrogen-bond donors (Lipinski definition) is 2. The van der Waals surface area contributed by atoms with Crippen LogP contribution in [0.25, 0.3) is 0 Å². The van der Waals surface area contributed by atoms with Crippen LogP contribution in [-0.4, -0.2) is 18.0 Å². The number of benzene rings is 1. The van der Waals surface area contributed by atoms with Crippen molar-refractivity contribution in [3.63, 3.8) is 0 Å². The number of halogens is 3. The highest BCUT2D eigenvalue weighted by Crippen LogP contribution is 2.26. The largest absolute Gasteiger partial charge is 0.471 e. The van der Waals surface area contributed by atoms with Crippen molar-refractivity contribution in [3.8, 4) is 0 Å². The van der Waals surface area contributed by atoms with Gasteiger partial charge in [-0.1, -0.05) is 37.5 Å². The predicted octanol–water partition coefficient (Wildman–Crippen LogP) is 4.26. The number of allylic oxidation sites excluding steroid dienone is 1. The zero-order valence-corrected chi connectivity index (χ0v) is 13.0. The molecule has 0 saturated heterocycles. The highest BCUT2D eigenvalue weighted by molar-refractivity contribution is 6.04. The minimum absolute atomic E-state index is 0.0979. The smallest absolute Gasteiger partial charge is 0.321 e.